The maximum absolute atomic E-state index is 10.1. The normalized spacial score (nSPS) is 12.3. The van der Waals surface area contributed by atoms with E-state index >= 15 is 0 Å². The van der Waals surface area contributed by atoms with E-state index in [1.807, 2.05) is 21.1 Å². The Labute approximate surface area is 82.1 Å². The molecule has 0 heterocycles. The van der Waals surface area contributed by atoms with E-state index < -0.39 is 12.1 Å². The number of hydrogen-bond donors (Lipinski definition) is 2. The quantitative estimate of drug-likeness (QED) is 0.377. The average molecular weight is 208 g/mol. The van der Waals surface area contributed by atoms with Crippen molar-refractivity contribution in [1.82, 2.24) is 0 Å². The zero-order valence-corrected chi connectivity index (χ0v) is 8.51. The molecule has 0 spiro atoms. The summed E-state index contributed by atoms with van der Waals surface area (Å²) >= 11 is 0. The number of likely N-dealkylation sites (N-methyl/N-ethyl adjacent to an activating group) is 1. The van der Waals surface area contributed by atoms with Crippen molar-refractivity contribution < 1.29 is 19.5 Å². The standard InChI is InChI=1S/C7H15NO3.HNO2/c1-8(2,3)5-6(9)4-7(10)11;2-1-3/h6,9H,4-5H2,1-3H3;(H,2,3). The molecule has 84 valence electrons. The molecule has 0 aromatic heterocycles. The Hall–Kier alpha value is -1.21. The highest BCUT2D eigenvalue weighted by Gasteiger charge is 2.17. The summed E-state index contributed by atoms with van der Waals surface area (Å²) in [6.07, 6.45) is -0.914. The number of quaternary nitrogens is 1. The summed E-state index contributed by atoms with van der Waals surface area (Å²) in [6, 6.07) is 0. The summed E-state index contributed by atoms with van der Waals surface area (Å²) in [5.74, 6) is -0.953. The molecule has 7 heteroatoms. The summed E-state index contributed by atoms with van der Waals surface area (Å²) in [6.45, 7) is 0.465. The molecule has 0 bridgehead atoms. The van der Waals surface area contributed by atoms with Crippen molar-refractivity contribution in [2.45, 2.75) is 12.5 Å². The largest absolute Gasteiger partial charge is 0.481 e. The second-order valence-electron chi connectivity index (χ2n) is 3.80. The Morgan fingerprint density at radius 1 is 1.50 bits per heavy atom. The van der Waals surface area contributed by atoms with Crippen LogP contribution >= 0.6 is 0 Å². The molecule has 0 saturated heterocycles. The number of hydrogen-bond acceptors (Lipinski definition) is 5. The molecule has 1 unspecified atom stereocenters. The summed E-state index contributed by atoms with van der Waals surface area (Å²) in [5, 5.41) is 26.5. The lowest BCUT2D eigenvalue weighted by atomic mass is 10.2. The third-order valence-corrected chi connectivity index (χ3v) is 1.17. The topological polar surface area (TPSA) is 110 Å². The molecular formula is C7H16N2O5. The molecule has 7 nitrogen and oxygen atoms in total. The molecule has 0 fully saturated rings. The van der Waals surface area contributed by atoms with Gasteiger partial charge in [-0.05, 0) is 0 Å². The fourth-order valence-electron chi connectivity index (χ4n) is 0.898. The Bertz CT molecular complexity index is 177. The SMILES string of the molecule is C[N+](C)(C)CC(O)CC(=O)O.O=N[O-]. The molecule has 0 aromatic rings. The lowest BCUT2D eigenvalue weighted by molar-refractivity contribution is -0.873. The first-order valence-corrected chi connectivity index (χ1v) is 3.88. The van der Waals surface area contributed by atoms with Crippen LogP contribution in [0.3, 0.4) is 0 Å². The number of rotatable bonds is 4. The first-order chi connectivity index (χ1) is 6.22. The minimum atomic E-state index is -0.953. The number of aliphatic carboxylic acids is 1. The Morgan fingerprint density at radius 3 is 2.07 bits per heavy atom. The van der Waals surface area contributed by atoms with E-state index in [4.69, 9.17) is 20.3 Å². The van der Waals surface area contributed by atoms with Crippen LogP contribution in [0.5, 0.6) is 0 Å². The van der Waals surface area contributed by atoms with E-state index in [1.165, 1.54) is 0 Å². The van der Waals surface area contributed by atoms with Gasteiger partial charge in [-0.2, -0.15) is 0 Å². The number of nitrogens with zero attached hydrogens (tertiary/aromatic N) is 2. The molecule has 0 saturated carbocycles. The molecule has 0 amide bonds. The van der Waals surface area contributed by atoms with Crippen LogP contribution in [0, 0.1) is 10.1 Å². The van der Waals surface area contributed by atoms with Crippen LogP contribution in [-0.2, 0) is 4.79 Å². The van der Waals surface area contributed by atoms with Gasteiger partial charge in [0.1, 0.15) is 12.6 Å². The van der Waals surface area contributed by atoms with Crippen molar-refractivity contribution in [1.29, 1.82) is 0 Å². The first-order valence-electron chi connectivity index (χ1n) is 3.88. The molecule has 0 aromatic carbocycles. The molecule has 0 aliphatic heterocycles. The maximum Gasteiger partial charge on any atom is 0.306 e. The van der Waals surface area contributed by atoms with E-state index in [0.29, 0.717) is 11.0 Å². The van der Waals surface area contributed by atoms with E-state index in [0.717, 1.165) is 5.34 Å². The lowest BCUT2D eigenvalue weighted by Crippen LogP contribution is -2.42. The highest BCUT2D eigenvalue weighted by atomic mass is 16.6. The summed E-state index contributed by atoms with van der Waals surface area (Å²) in [5.41, 5.74) is 0. The summed E-state index contributed by atoms with van der Waals surface area (Å²) < 4.78 is 0.578. The predicted molar refractivity (Wildman–Crippen MR) is 50.3 cm³/mol. The summed E-state index contributed by atoms with van der Waals surface area (Å²) in [4.78, 5) is 18.1. The van der Waals surface area contributed by atoms with Crippen LogP contribution < -0.4 is 0 Å². The molecule has 2 N–H and O–H groups in total. The van der Waals surface area contributed by atoms with Crippen molar-refractivity contribution in [2.75, 3.05) is 27.7 Å². The molecular weight excluding hydrogens is 192 g/mol. The highest BCUT2D eigenvalue weighted by Crippen LogP contribution is 1.98. The third-order valence-electron chi connectivity index (χ3n) is 1.17. The number of aliphatic hydroxyl groups is 1. The number of aliphatic hydroxyl groups excluding tert-OH is 1. The van der Waals surface area contributed by atoms with Gasteiger partial charge in [-0.25, -0.2) is 0 Å². The Morgan fingerprint density at radius 2 is 1.86 bits per heavy atom. The van der Waals surface area contributed by atoms with Crippen molar-refractivity contribution >= 4 is 5.97 Å². The fraction of sp³-hybridized carbons (Fsp3) is 0.857. The fourth-order valence-corrected chi connectivity index (χ4v) is 0.898. The predicted octanol–water partition coefficient (Wildman–Crippen LogP) is -0.221. The van der Waals surface area contributed by atoms with E-state index in [1.54, 1.807) is 0 Å². The highest BCUT2D eigenvalue weighted by molar-refractivity contribution is 5.67. The van der Waals surface area contributed by atoms with E-state index in [2.05, 4.69) is 0 Å². The third kappa shape index (κ3) is 17.0. The van der Waals surface area contributed by atoms with Crippen LogP contribution in [0.25, 0.3) is 0 Å². The van der Waals surface area contributed by atoms with Crippen molar-refractivity contribution in [3.8, 4) is 0 Å². The molecule has 1 atom stereocenters. The maximum atomic E-state index is 10.1. The van der Waals surface area contributed by atoms with Crippen molar-refractivity contribution in [3.63, 3.8) is 0 Å². The van der Waals surface area contributed by atoms with Gasteiger partial charge >= 0.3 is 5.97 Å². The van der Waals surface area contributed by atoms with E-state index in [9.17, 15) is 4.79 Å². The van der Waals surface area contributed by atoms with E-state index in [-0.39, 0.29) is 6.42 Å². The second-order valence-corrected chi connectivity index (χ2v) is 3.80. The zero-order chi connectivity index (χ0) is 11.8. The van der Waals surface area contributed by atoms with Gasteiger partial charge in [0.05, 0.1) is 27.6 Å². The molecule has 0 radical (unpaired) electrons. The molecule has 0 aliphatic carbocycles. The van der Waals surface area contributed by atoms with Crippen LogP contribution in [0.2, 0.25) is 0 Å². The molecule has 0 rings (SSSR count). The van der Waals surface area contributed by atoms with Crippen molar-refractivity contribution in [2.24, 2.45) is 5.34 Å². The lowest BCUT2D eigenvalue weighted by Gasteiger charge is -2.25. The van der Waals surface area contributed by atoms with Gasteiger partial charge in [-0.3, -0.25) is 4.79 Å². The smallest absolute Gasteiger partial charge is 0.306 e. The number of carbonyl (C=O) groups is 1. The van der Waals surface area contributed by atoms with Crippen molar-refractivity contribution in [3.05, 3.63) is 10.1 Å². The van der Waals surface area contributed by atoms with Crippen LogP contribution in [0.4, 0.5) is 0 Å². The summed E-state index contributed by atoms with van der Waals surface area (Å²) in [7, 11) is 5.72. The Balaban J connectivity index is 0. The first kappa shape index (κ1) is 15.3. The van der Waals surface area contributed by atoms with Crippen LogP contribution in [0.1, 0.15) is 6.42 Å². The Kier molecular flexibility index (Phi) is 7.87. The number of carboxylic acids is 1. The minimum absolute atomic E-state index is 0.171. The number of carboxylic acid groups (broad SMARTS) is 1. The van der Waals surface area contributed by atoms with Gasteiger partial charge in [0.2, 0.25) is 0 Å². The molecule has 14 heavy (non-hydrogen) atoms. The van der Waals surface area contributed by atoms with Crippen LogP contribution in [-0.4, -0.2) is 54.5 Å². The zero-order valence-electron chi connectivity index (χ0n) is 8.51. The van der Waals surface area contributed by atoms with Gasteiger partial charge in [-0.15, -0.1) is 5.34 Å². The molecule has 0 aliphatic rings. The second kappa shape index (κ2) is 7.22. The van der Waals surface area contributed by atoms with Gasteiger partial charge < -0.3 is 24.8 Å². The van der Waals surface area contributed by atoms with Gasteiger partial charge in [-0.1, -0.05) is 0 Å². The minimum Gasteiger partial charge on any atom is -0.481 e. The van der Waals surface area contributed by atoms with Gasteiger partial charge in [0.25, 0.3) is 0 Å². The van der Waals surface area contributed by atoms with Gasteiger partial charge in [0, 0.05) is 0 Å². The average Bonchev–Trinajstić information content (AvgIpc) is 1.80. The van der Waals surface area contributed by atoms with Gasteiger partial charge in [0.15, 0.2) is 0 Å². The van der Waals surface area contributed by atoms with Crippen LogP contribution in [0.15, 0.2) is 5.34 Å². The monoisotopic (exact) mass is 208 g/mol.